The highest BCUT2D eigenvalue weighted by molar-refractivity contribution is 5.23. The molecule has 0 aliphatic carbocycles. The summed E-state index contributed by atoms with van der Waals surface area (Å²) in [5, 5.41) is 0. The lowest BCUT2D eigenvalue weighted by molar-refractivity contribution is 1.07. The Kier molecular flexibility index (Phi) is 1.68. The lowest BCUT2D eigenvalue weighted by atomic mass is 10.5. The van der Waals surface area contributed by atoms with Gasteiger partial charge in [0.25, 0.3) is 0 Å². The van der Waals surface area contributed by atoms with Gasteiger partial charge in [-0.3, -0.25) is 0 Å². The molecule has 0 atom stereocenters. The van der Waals surface area contributed by atoms with Crippen molar-refractivity contribution < 1.29 is 0 Å². The maximum atomic E-state index is 3.95. The molecule has 0 aliphatic heterocycles. The number of hydrogen-bond acceptors (Lipinski definition) is 1. The highest BCUT2D eigenvalue weighted by Gasteiger charge is 1.87. The van der Waals surface area contributed by atoms with E-state index in [2.05, 4.69) is 4.98 Å². The van der Waals surface area contributed by atoms with Gasteiger partial charge in [-0.05, 0) is 13.8 Å². The molecule has 1 aromatic heterocycles. The van der Waals surface area contributed by atoms with Crippen molar-refractivity contribution in [3.63, 3.8) is 0 Å². The van der Waals surface area contributed by atoms with E-state index in [4.69, 9.17) is 0 Å². The van der Waals surface area contributed by atoms with Gasteiger partial charge in [-0.15, -0.1) is 0 Å². The lowest BCUT2D eigenvalue weighted by Gasteiger charge is -1.91. The van der Waals surface area contributed by atoms with E-state index in [9.17, 15) is 0 Å². The number of aromatic nitrogens is 2. The van der Waals surface area contributed by atoms with Crippen LogP contribution >= 0.6 is 0 Å². The number of rotatable bonds is 1. The van der Waals surface area contributed by atoms with E-state index < -0.39 is 0 Å². The minimum absolute atomic E-state index is 1.16. The number of imidazole rings is 1. The van der Waals surface area contributed by atoms with Gasteiger partial charge in [-0.2, -0.15) is 0 Å². The molecule has 9 heavy (non-hydrogen) atoms. The van der Waals surface area contributed by atoms with Crippen LogP contribution in [0.3, 0.4) is 0 Å². The van der Waals surface area contributed by atoms with Crippen LogP contribution in [-0.4, -0.2) is 9.55 Å². The first-order chi connectivity index (χ1) is 4.34. The molecule has 0 fully saturated rings. The van der Waals surface area contributed by atoms with Crippen molar-refractivity contribution in [2.75, 3.05) is 0 Å². The van der Waals surface area contributed by atoms with E-state index >= 15 is 0 Å². The second-order valence-corrected chi connectivity index (χ2v) is 1.92. The van der Waals surface area contributed by atoms with Crippen LogP contribution in [0.15, 0.2) is 18.6 Å². The number of allylic oxidation sites excluding steroid dienone is 1. The van der Waals surface area contributed by atoms with Gasteiger partial charge in [0.05, 0.1) is 6.33 Å². The van der Waals surface area contributed by atoms with Crippen LogP contribution in [0.4, 0.5) is 0 Å². The molecule has 2 nitrogen and oxygen atoms in total. The van der Waals surface area contributed by atoms with Gasteiger partial charge in [-0.1, -0.05) is 6.08 Å². The normalized spacial score (nSPS) is 10.9. The van der Waals surface area contributed by atoms with Crippen LogP contribution < -0.4 is 0 Å². The van der Waals surface area contributed by atoms with Gasteiger partial charge in [0.2, 0.25) is 0 Å². The largest absolute Gasteiger partial charge is 0.311 e. The van der Waals surface area contributed by atoms with Gasteiger partial charge < -0.3 is 4.57 Å². The van der Waals surface area contributed by atoms with E-state index in [1.54, 1.807) is 6.33 Å². The molecule has 0 unspecified atom stereocenters. The highest BCUT2D eigenvalue weighted by Crippen LogP contribution is 1.95. The predicted octanol–water partition coefficient (Wildman–Crippen LogP) is 1.68. The van der Waals surface area contributed by atoms with Crippen molar-refractivity contribution in [3.8, 4) is 0 Å². The molecule has 0 aliphatic rings. The molecule has 0 amide bonds. The molecule has 0 radical (unpaired) electrons. The van der Waals surface area contributed by atoms with Crippen molar-refractivity contribution in [1.29, 1.82) is 0 Å². The maximum absolute atomic E-state index is 3.95. The molecule has 0 aromatic carbocycles. The smallest absolute Gasteiger partial charge is 0.0989 e. The van der Waals surface area contributed by atoms with Crippen LogP contribution in [0.2, 0.25) is 0 Å². The standard InChI is InChI=1S/C7H10N2/c1-3-4-9-6-8-5-7(9)2/h3-6H,1-2H3/b4-3-. The average molecular weight is 122 g/mol. The minimum Gasteiger partial charge on any atom is -0.311 e. The molecule has 0 saturated carbocycles. The summed E-state index contributed by atoms with van der Waals surface area (Å²) in [7, 11) is 0. The summed E-state index contributed by atoms with van der Waals surface area (Å²) < 4.78 is 1.97. The Labute approximate surface area is 54.8 Å². The molecule has 0 bridgehead atoms. The van der Waals surface area contributed by atoms with Crippen LogP contribution in [0.5, 0.6) is 0 Å². The van der Waals surface area contributed by atoms with Crippen molar-refractivity contribution in [1.82, 2.24) is 9.55 Å². The summed E-state index contributed by atoms with van der Waals surface area (Å²) in [6.45, 7) is 4.01. The third-order valence-electron chi connectivity index (χ3n) is 1.17. The Morgan fingerprint density at radius 1 is 1.67 bits per heavy atom. The first-order valence-electron chi connectivity index (χ1n) is 2.96. The SMILES string of the molecule is C/C=C\n1cncc1C. The topological polar surface area (TPSA) is 17.8 Å². The van der Waals surface area contributed by atoms with Gasteiger partial charge in [0.1, 0.15) is 0 Å². The molecule has 1 rings (SSSR count). The fourth-order valence-corrected chi connectivity index (χ4v) is 0.687. The van der Waals surface area contributed by atoms with Crippen molar-refractivity contribution in [2.45, 2.75) is 13.8 Å². The summed E-state index contributed by atoms with van der Waals surface area (Å²) >= 11 is 0. The quantitative estimate of drug-likeness (QED) is 0.554. The van der Waals surface area contributed by atoms with E-state index in [0.29, 0.717) is 0 Å². The monoisotopic (exact) mass is 122 g/mol. The predicted molar refractivity (Wildman–Crippen MR) is 38.0 cm³/mol. The Morgan fingerprint density at radius 3 is 2.89 bits per heavy atom. The van der Waals surface area contributed by atoms with E-state index in [1.165, 1.54) is 0 Å². The van der Waals surface area contributed by atoms with Crippen LogP contribution in [0.25, 0.3) is 6.20 Å². The molecule has 0 N–H and O–H groups in total. The van der Waals surface area contributed by atoms with E-state index in [1.807, 2.05) is 36.9 Å². The Morgan fingerprint density at radius 2 is 2.44 bits per heavy atom. The van der Waals surface area contributed by atoms with Crippen LogP contribution in [0, 0.1) is 6.92 Å². The highest BCUT2D eigenvalue weighted by atomic mass is 15.0. The van der Waals surface area contributed by atoms with Crippen LogP contribution in [-0.2, 0) is 0 Å². The second kappa shape index (κ2) is 2.49. The Bertz CT molecular complexity index is 210. The average Bonchev–Trinajstić information content (AvgIpc) is 2.18. The number of hydrogen-bond donors (Lipinski definition) is 0. The Balaban J connectivity index is 2.94. The molecule has 0 saturated heterocycles. The number of nitrogens with zero attached hydrogens (tertiary/aromatic N) is 2. The van der Waals surface area contributed by atoms with E-state index in [0.717, 1.165) is 5.69 Å². The van der Waals surface area contributed by atoms with Crippen LogP contribution in [0.1, 0.15) is 12.6 Å². The van der Waals surface area contributed by atoms with Crippen molar-refractivity contribution >= 4 is 6.20 Å². The number of aryl methyl sites for hydroxylation is 1. The van der Waals surface area contributed by atoms with Gasteiger partial charge in [-0.25, -0.2) is 4.98 Å². The third kappa shape index (κ3) is 1.19. The van der Waals surface area contributed by atoms with Crippen molar-refractivity contribution in [3.05, 3.63) is 24.3 Å². The van der Waals surface area contributed by atoms with Gasteiger partial charge in [0.15, 0.2) is 0 Å². The zero-order valence-electron chi connectivity index (χ0n) is 5.70. The fourth-order valence-electron chi connectivity index (χ4n) is 0.687. The first kappa shape index (κ1) is 6.08. The molecule has 48 valence electrons. The third-order valence-corrected chi connectivity index (χ3v) is 1.17. The maximum Gasteiger partial charge on any atom is 0.0989 e. The summed E-state index contributed by atoms with van der Waals surface area (Å²) in [6.07, 6.45) is 7.58. The molecule has 1 aromatic rings. The van der Waals surface area contributed by atoms with Crippen molar-refractivity contribution in [2.24, 2.45) is 0 Å². The van der Waals surface area contributed by atoms with Gasteiger partial charge >= 0.3 is 0 Å². The first-order valence-corrected chi connectivity index (χ1v) is 2.96. The second-order valence-electron chi connectivity index (χ2n) is 1.92. The lowest BCUT2D eigenvalue weighted by Crippen LogP contribution is -1.83. The molecular formula is C7H10N2. The molecule has 0 spiro atoms. The summed E-state index contributed by atoms with van der Waals surface area (Å²) in [6, 6.07) is 0. The molecular weight excluding hydrogens is 112 g/mol. The minimum atomic E-state index is 1.16. The summed E-state index contributed by atoms with van der Waals surface area (Å²) in [5.41, 5.74) is 1.16. The fraction of sp³-hybridized carbons (Fsp3) is 0.286. The zero-order valence-corrected chi connectivity index (χ0v) is 5.70. The van der Waals surface area contributed by atoms with Gasteiger partial charge in [0, 0.05) is 18.1 Å². The molecule has 2 heteroatoms. The molecule has 1 heterocycles. The zero-order chi connectivity index (χ0) is 6.69. The summed E-state index contributed by atoms with van der Waals surface area (Å²) in [5.74, 6) is 0. The van der Waals surface area contributed by atoms with E-state index in [-0.39, 0.29) is 0 Å². The summed E-state index contributed by atoms with van der Waals surface area (Å²) in [4.78, 5) is 3.95. The Hall–Kier alpha value is -1.05.